The van der Waals surface area contributed by atoms with Crippen LogP contribution in [-0.2, 0) is 11.8 Å². The third-order valence-electron chi connectivity index (χ3n) is 3.75. The number of quaternary nitrogens is 1. The molecule has 21 heavy (non-hydrogen) atoms. The van der Waals surface area contributed by atoms with Gasteiger partial charge in [0.1, 0.15) is 13.1 Å². The molecule has 112 valence electrons. The Hall–Kier alpha value is -1.37. The van der Waals surface area contributed by atoms with Crippen molar-refractivity contribution in [1.82, 2.24) is 14.8 Å². The van der Waals surface area contributed by atoms with Crippen molar-refractivity contribution in [3.8, 4) is 11.4 Å². The second-order valence-corrected chi connectivity index (χ2v) is 6.25. The van der Waals surface area contributed by atoms with Gasteiger partial charge in [-0.25, -0.2) is 0 Å². The number of ether oxygens (including phenoxy) is 1. The van der Waals surface area contributed by atoms with Crippen molar-refractivity contribution in [2.75, 3.05) is 38.6 Å². The minimum absolute atomic E-state index is 0.891. The van der Waals surface area contributed by atoms with Crippen LogP contribution >= 0.6 is 11.8 Å². The van der Waals surface area contributed by atoms with Crippen LogP contribution in [0.1, 0.15) is 0 Å². The van der Waals surface area contributed by atoms with Crippen LogP contribution in [-0.4, -0.2) is 53.4 Å². The molecule has 2 aromatic rings. The van der Waals surface area contributed by atoms with Crippen LogP contribution < -0.4 is 4.90 Å². The van der Waals surface area contributed by atoms with Gasteiger partial charge in [0.2, 0.25) is 0 Å². The number of hydrogen-bond acceptors (Lipinski definition) is 4. The van der Waals surface area contributed by atoms with Crippen LogP contribution in [0.5, 0.6) is 0 Å². The first-order chi connectivity index (χ1) is 10.3. The number of nitrogens with zero attached hydrogens (tertiary/aromatic N) is 3. The Kier molecular flexibility index (Phi) is 4.90. The molecule has 0 saturated carbocycles. The van der Waals surface area contributed by atoms with Crippen molar-refractivity contribution < 1.29 is 9.64 Å². The summed E-state index contributed by atoms with van der Waals surface area (Å²) in [6.07, 6.45) is 0. The van der Waals surface area contributed by atoms with Crippen LogP contribution in [0.25, 0.3) is 11.4 Å². The van der Waals surface area contributed by atoms with Crippen LogP contribution in [0.3, 0.4) is 0 Å². The molecule has 5 nitrogen and oxygen atoms in total. The van der Waals surface area contributed by atoms with Gasteiger partial charge in [-0.2, -0.15) is 0 Å². The number of morpholine rings is 1. The predicted molar refractivity (Wildman–Crippen MR) is 83.5 cm³/mol. The largest absolute Gasteiger partial charge is 0.370 e. The molecule has 1 aliphatic rings. The molecule has 1 saturated heterocycles. The normalized spacial score (nSPS) is 16.2. The third-order valence-corrected chi connectivity index (χ3v) is 4.78. The summed E-state index contributed by atoms with van der Waals surface area (Å²) in [6, 6.07) is 10.2. The molecular formula is C15H21N4OS+. The summed E-state index contributed by atoms with van der Waals surface area (Å²) >= 11 is 1.78. The Bertz CT molecular complexity index is 566. The zero-order valence-corrected chi connectivity index (χ0v) is 13.1. The van der Waals surface area contributed by atoms with Crippen molar-refractivity contribution in [2.24, 2.45) is 7.05 Å². The zero-order valence-electron chi connectivity index (χ0n) is 12.3. The highest BCUT2D eigenvalue weighted by Gasteiger charge is 2.15. The quantitative estimate of drug-likeness (QED) is 0.817. The molecule has 1 aromatic carbocycles. The lowest BCUT2D eigenvalue weighted by Crippen LogP contribution is -3.14. The predicted octanol–water partition coefficient (Wildman–Crippen LogP) is 0.489. The SMILES string of the molecule is Cn1c(SCC[NH+]2CCOCC2)nnc1-c1ccccc1. The zero-order chi connectivity index (χ0) is 14.5. The van der Waals surface area contributed by atoms with E-state index in [2.05, 4.69) is 26.9 Å². The number of aromatic nitrogens is 3. The van der Waals surface area contributed by atoms with Crippen molar-refractivity contribution in [3.63, 3.8) is 0 Å². The van der Waals surface area contributed by atoms with E-state index < -0.39 is 0 Å². The van der Waals surface area contributed by atoms with E-state index in [0.29, 0.717) is 0 Å². The van der Waals surface area contributed by atoms with Crippen LogP contribution in [0.15, 0.2) is 35.5 Å². The average Bonchev–Trinajstić information content (AvgIpc) is 2.90. The van der Waals surface area contributed by atoms with Crippen LogP contribution in [0, 0.1) is 0 Å². The summed E-state index contributed by atoms with van der Waals surface area (Å²) in [5, 5.41) is 9.62. The topological polar surface area (TPSA) is 44.4 Å². The van der Waals surface area contributed by atoms with Gasteiger partial charge in [-0.05, 0) is 0 Å². The monoisotopic (exact) mass is 305 g/mol. The third kappa shape index (κ3) is 3.64. The van der Waals surface area contributed by atoms with Crippen LogP contribution in [0.4, 0.5) is 0 Å². The standard InChI is InChI=1S/C15H20N4OS/c1-18-14(13-5-3-2-4-6-13)16-17-15(18)21-12-9-19-7-10-20-11-8-19/h2-6H,7-12H2,1H3/p+1. The molecule has 0 unspecified atom stereocenters. The van der Waals surface area contributed by atoms with Gasteiger partial charge in [-0.1, -0.05) is 42.1 Å². The fraction of sp³-hybridized carbons (Fsp3) is 0.467. The van der Waals surface area contributed by atoms with Gasteiger partial charge in [0, 0.05) is 12.6 Å². The molecule has 2 heterocycles. The molecular weight excluding hydrogens is 284 g/mol. The Morgan fingerprint density at radius 2 is 1.95 bits per heavy atom. The molecule has 0 bridgehead atoms. The average molecular weight is 305 g/mol. The summed E-state index contributed by atoms with van der Waals surface area (Å²) in [4.78, 5) is 1.62. The molecule has 1 aliphatic heterocycles. The van der Waals surface area contributed by atoms with Crippen molar-refractivity contribution in [1.29, 1.82) is 0 Å². The molecule has 1 fully saturated rings. The van der Waals surface area contributed by atoms with E-state index in [-0.39, 0.29) is 0 Å². The summed E-state index contributed by atoms with van der Waals surface area (Å²) in [6.45, 7) is 5.18. The smallest absolute Gasteiger partial charge is 0.191 e. The molecule has 6 heteroatoms. The summed E-state index contributed by atoms with van der Waals surface area (Å²) in [5.74, 6) is 1.99. The molecule has 0 spiro atoms. The van der Waals surface area contributed by atoms with E-state index in [9.17, 15) is 0 Å². The van der Waals surface area contributed by atoms with E-state index in [1.165, 1.54) is 0 Å². The van der Waals surface area contributed by atoms with E-state index in [1.807, 2.05) is 25.2 Å². The van der Waals surface area contributed by atoms with E-state index in [0.717, 1.165) is 55.1 Å². The molecule has 1 aromatic heterocycles. The van der Waals surface area contributed by atoms with Gasteiger partial charge in [0.05, 0.1) is 25.5 Å². The summed E-state index contributed by atoms with van der Waals surface area (Å²) in [7, 11) is 2.03. The lowest BCUT2D eigenvalue weighted by molar-refractivity contribution is -0.905. The Labute approximate surface area is 129 Å². The Balaban J connectivity index is 1.58. The number of rotatable bonds is 5. The van der Waals surface area contributed by atoms with Gasteiger partial charge in [-0.3, -0.25) is 0 Å². The van der Waals surface area contributed by atoms with Crippen LogP contribution in [0.2, 0.25) is 0 Å². The molecule has 0 radical (unpaired) electrons. The Morgan fingerprint density at radius 1 is 1.19 bits per heavy atom. The lowest BCUT2D eigenvalue weighted by atomic mass is 10.2. The minimum atomic E-state index is 0.891. The minimum Gasteiger partial charge on any atom is -0.370 e. The first-order valence-corrected chi connectivity index (χ1v) is 8.32. The van der Waals surface area contributed by atoms with Crippen molar-refractivity contribution in [3.05, 3.63) is 30.3 Å². The fourth-order valence-electron chi connectivity index (χ4n) is 2.48. The first-order valence-electron chi connectivity index (χ1n) is 7.33. The number of thioether (sulfide) groups is 1. The number of nitrogens with one attached hydrogen (secondary N) is 1. The first kappa shape index (κ1) is 14.6. The van der Waals surface area contributed by atoms with Gasteiger partial charge in [0.15, 0.2) is 11.0 Å². The maximum absolute atomic E-state index is 5.38. The molecule has 3 rings (SSSR count). The highest BCUT2D eigenvalue weighted by atomic mass is 32.2. The number of benzene rings is 1. The Morgan fingerprint density at radius 3 is 2.71 bits per heavy atom. The molecule has 0 aliphatic carbocycles. The highest BCUT2D eigenvalue weighted by Crippen LogP contribution is 2.21. The van der Waals surface area contributed by atoms with E-state index >= 15 is 0 Å². The molecule has 1 N–H and O–H groups in total. The maximum atomic E-state index is 5.38. The fourth-order valence-corrected chi connectivity index (χ4v) is 3.43. The van der Waals surface area contributed by atoms with Crippen molar-refractivity contribution >= 4 is 11.8 Å². The highest BCUT2D eigenvalue weighted by molar-refractivity contribution is 7.99. The van der Waals surface area contributed by atoms with Gasteiger partial charge in [-0.15, -0.1) is 10.2 Å². The van der Waals surface area contributed by atoms with Gasteiger partial charge < -0.3 is 14.2 Å². The number of hydrogen-bond donors (Lipinski definition) is 1. The van der Waals surface area contributed by atoms with E-state index in [4.69, 9.17) is 4.74 Å². The maximum Gasteiger partial charge on any atom is 0.191 e. The second kappa shape index (κ2) is 7.06. The molecule has 0 amide bonds. The van der Waals surface area contributed by atoms with Gasteiger partial charge in [0.25, 0.3) is 0 Å². The van der Waals surface area contributed by atoms with Crippen molar-refractivity contribution in [2.45, 2.75) is 5.16 Å². The summed E-state index contributed by atoms with van der Waals surface area (Å²) in [5.41, 5.74) is 1.11. The summed E-state index contributed by atoms with van der Waals surface area (Å²) < 4.78 is 7.46. The second-order valence-electron chi connectivity index (χ2n) is 5.19. The molecule has 0 atom stereocenters. The lowest BCUT2D eigenvalue weighted by Gasteiger charge is -2.23. The van der Waals surface area contributed by atoms with E-state index in [1.54, 1.807) is 16.7 Å². The van der Waals surface area contributed by atoms with Gasteiger partial charge >= 0.3 is 0 Å².